The van der Waals surface area contributed by atoms with Crippen molar-refractivity contribution in [3.8, 4) is 0 Å². The molecule has 0 unspecified atom stereocenters. The van der Waals surface area contributed by atoms with Crippen LogP contribution in [0.4, 0.5) is 22.7 Å². The number of halogens is 1. The molecule has 2 aliphatic rings. The van der Waals surface area contributed by atoms with E-state index >= 15 is 0 Å². The Morgan fingerprint density at radius 1 is 0.900 bits per heavy atom. The first-order chi connectivity index (χ1) is 14.7. The molecular weight excluding hydrogens is 404 g/mol. The Morgan fingerprint density at radius 2 is 1.53 bits per heavy atom. The van der Waals surface area contributed by atoms with Gasteiger partial charge in [-0.2, -0.15) is 0 Å². The SMILES string of the molecule is O=C(CNc1cc(Cl)ccc1N1CCOCC1)Nc1ccc(N2CCOCC2)cc1. The molecule has 0 aromatic heterocycles. The summed E-state index contributed by atoms with van der Waals surface area (Å²) in [6.07, 6.45) is 0. The average molecular weight is 431 g/mol. The van der Waals surface area contributed by atoms with E-state index in [1.165, 1.54) is 0 Å². The van der Waals surface area contributed by atoms with Crippen molar-refractivity contribution in [2.75, 3.05) is 79.6 Å². The van der Waals surface area contributed by atoms with Crippen LogP contribution in [0.15, 0.2) is 42.5 Å². The van der Waals surface area contributed by atoms with Gasteiger partial charge in [0.25, 0.3) is 0 Å². The standard InChI is InChI=1S/C22H27ClN4O3/c23-17-1-6-21(27-9-13-30-14-10-27)20(15-17)24-16-22(28)25-18-2-4-19(5-3-18)26-7-11-29-12-8-26/h1-6,15,24H,7-14,16H2,(H,25,28). The van der Waals surface area contributed by atoms with Gasteiger partial charge in [-0.1, -0.05) is 11.6 Å². The Labute approximate surface area is 181 Å². The van der Waals surface area contributed by atoms with Gasteiger partial charge in [-0.25, -0.2) is 0 Å². The van der Waals surface area contributed by atoms with E-state index in [1.54, 1.807) is 0 Å². The minimum atomic E-state index is -0.109. The number of rotatable bonds is 6. The molecule has 160 valence electrons. The largest absolute Gasteiger partial charge is 0.378 e. The Balaban J connectivity index is 1.34. The zero-order valence-corrected chi connectivity index (χ0v) is 17.7. The molecule has 2 aromatic carbocycles. The number of hydrogen-bond donors (Lipinski definition) is 2. The monoisotopic (exact) mass is 430 g/mol. The second-order valence-corrected chi connectivity index (χ2v) is 7.75. The number of nitrogens with zero attached hydrogens (tertiary/aromatic N) is 2. The molecule has 7 nitrogen and oxygen atoms in total. The lowest BCUT2D eigenvalue weighted by Crippen LogP contribution is -2.36. The zero-order valence-electron chi connectivity index (χ0n) is 16.9. The maximum absolute atomic E-state index is 12.5. The Bertz CT molecular complexity index is 850. The molecule has 0 spiro atoms. The number of carbonyl (C=O) groups is 1. The van der Waals surface area contributed by atoms with Crippen LogP contribution in [0.2, 0.25) is 5.02 Å². The summed E-state index contributed by atoms with van der Waals surface area (Å²) in [7, 11) is 0. The van der Waals surface area contributed by atoms with E-state index < -0.39 is 0 Å². The van der Waals surface area contributed by atoms with Crippen molar-refractivity contribution in [1.82, 2.24) is 0 Å². The lowest BCUT2D eigenvalue weighted by atomic mass is 10.2. The summed E-state index contributed by atoms with van der Waals surface area (Å²) in [6, 6.07) is 13.6. The van der Waals surface area contributed by atoms with Gasteiger partial charge in [-0.15, -0.1) is 0 Å². The summed E-state index contributed by atoms with van der Waals surface area (Å²) in [4.78, 5) is 17.0. The molecule has 8 heteroatoms. The maximum atomic E-state index is 12.5. The van der Waals surface area contributed by atoms with Crippen LogP contribution >= 0.6 is 11.6 Å². The highest BCUT2D eigenvalue weighted by atomic mass is 35.5. The minimum absolute atomic E-state index is 0.109. The molecule has 1 amide bonds. The Kier molecular flexibility index (Phi) is 6.94. The van der Waals surface area contributed by atoms with Gasteiger partial charge in [0.1, 0.15) is 0 Å². The van der Waals surface area contributed by atoms with Crippen molar-refractivity contribution >= 4 is 40.3 Å². The number of hydrogen-bond acceptors (Lipinski definition) is 6. The fourth-order valence-electron chi connectivity index (χ4n) is 3.69. The van der Waals surface area contributed by atoms with Crippen LogP contribution in [0.25, 0.3) is 0 Å². The van der Waals surface area contributed by atoms with Crippen molar-refractivity contribution in [2.45, 2.75) is 0 Å². The first kappa shape index (κ1) is 20.8. The molecule has 2 heterocycles. The van der Waals surface area contributed by atoms with Gasteiger partial charge in [0, 0.05) is 42.6 Å². The van der Waals surface area contributed by atoms with E-state index in [4.69, 9.17) is 21.1 Å². The number of benzene rings is 2. The molecule has 0 aliphatic carbocycles. The number of ether oxygens (including phenoxy) is 2. The zero-order chi connectivity index (χ0) is 20.8. The molecule has 30 heavy (non-hydrogen) atoms. The predicted octanol–water partition coefficient (Wildman–Crippen LogP) is 3.06. The first-order valence-electron chi connectivity index (χ1n) is 10.3. The van der Waals surface area contributed by atoms with Crippen LogP contribution in [0.3, 0.4) is 0 Å². The molecule has 2 N–H and O–H groups in total. The van der Waals surface area contributed by atoms with E-state index in [1.807, 2.05) is 42.5 Å². The fourth-order valence-corrected chi connectivity index (χ4v) is 3.86. The van der Waals surface area contributed by atoms with Crippen LogP contribution in [-0.4, -0.2) is 65.1 Å². The first-order valence-corrected chi connectivity index (χ1v) is 10.7. The molecule has 2 saturated heterocycles. The summed E-state index contributed by atoms with van der Waals surface area (Å²) in [5.41, 5.74) is 3.80. The lowest BCUT2D eigenvalue weighted by Gasteiger charge is -2.30. The molecular formula is C22H27ClN4O3. The Morgan fingerprint density at radius 3 is 2.20 bits per heavy atom. The quantitative estimate of drug-likeness (QED) is 0.734. The van der Waals surface area contributed by atoms with Crippen molar-refractivity contribution in [3.05, 3.63) is 47.5 Å². The van der Waals surface area contributed by atoms with Crippen LogP contribution < -0.4 is 20.4 Å². The molecule has 2 aliphatic heterocycles. The number of anilines is 4. The third kappa shape index (κ3) is 5.36. The molecule has 0 atom stereocenters. The highest BCUT2D eigenvalue weighted by Crippen LogP contribution is 2.29. The van der Waals surface area contributed by atoms with E-state index in [-0.39, 0.29) is 12.5 Å². The van der Waals surface area contributed by atoms with E-state index in [2.05, 4.69) is 20.4 Å². The fraction of sp³-hybridized carbons (Fsp3) is 0.409. The van der Waals surface area contributed by atoms with Gasteiger partial charge < -0.3 is 29.9 Å². The number of amides is 1. The van der Waals surface area contributed by atoms with Crippen LogP contribution in [0.1, 0.15) is 0 Å². The molecule has 2 fully saturated rings. The topological polar surface area (TPSA) is 66.1 Å². The van der Waals surface area contributed by atoms with Gasteiger partial charge in [-0.05, 0) is 42.5 Å². The van der Waals surface area contributed by atoms with Gasteiger partial charge in [-0.3, -0.25) is 4.79 Å². The average Bonchev–Trinajstić information content (AvgIpc) is 2.79. The maximum Gasteiger partial charge on any atom is 0.243 e. The third-order valence-corrected chi connectivity index (χ3v) is 5.51. The summed E-state index contributed by atoms with van der Waals surface area (Å²) >= 11 is 6.18. The third-order valence-electron chi connectivity index (χ3n) is 5.28. The second kappa shape index (κ2) is 10.0. The highest BCUT2D eigenvalue weighted by Gasteiger charge is 2.16. The number of morpholine rings is 2. The van der Waals surface area contributed by atoms with Gasteiger partial charge in [0.15, 0.2) is 0 Å². The summed E-state index contributed by atoms with van der Waals surface area (Å²) in [5, 5.41) is 6.81. The van der Waals surface area contributed by atoms with Crippen molar-refractivity contribution in [1.29, 1.82) is 0 Å². The van der Waals surface area contributed by atoms with Crippen LogP contribution in [0, 0.1) is 0 Å². The van der Waals surface area contributed by atoms with Gasteiger partial charge in [0.05, 0.1) is 44.3 Å². The smallest absolute Gasteiger partial charge is 0.243 e. The molecule has 0 bridgehead atoms. The van der Waals surface area contributed by atoms with E-state index in [0.29, 0.717) is 18.2 Å². The molecule has 4 rings (SSSR count). The van der Waals surface area contributed by atoms with Crippen LogP contribution in [0.5, 0.6) is 0 Å². The Hall–Kier alpha value is -2.48. The predicted molar refractivity (Wildman–Crippen MR) is 121 cm³/mol. The van der Waals surface area contributed by atoms with Gasteiger partial charge >= 0.3 is 0 Å². The van der Waals surface area contributed by atoms with E-state index in [9.17, 15) is 4.79 Å². The van der Waals surface area contributed by atoms with E-state index in [0.717, 1.165) is 62.1 Å². The molecule has 0 saturated carbocycles. The summed E-state index contributed by atoms with van der Waals surface area (Å²) in [6.45, 7) is 6.46. The van der Waals surface area contributed by atoms with Crippen LogP contribution in [-0.2, 0) is 14.3 Å². The normalized spacial score (nSPS) is 17.0. The number of carbonyl (C=O) groups excluding carboxylic acids is 1. The van der Waals surface area contributed by atoms with Crippen molar-refractivity contribution < 1.29 is 14.3 Å². The summed E-state index contributed by atoms with van der Waals surface area (Å²) in [5.74, 6) is -0.109. The highest BCUT2D eigenvalue weighted by molar-refractivity contribution is 6.31. The molecule has 0 radical (unpaired) electrons. The van der Waals surface area contributed by atoms with Crippen molar-refractivity contribution in [3.63, 3.8) is 0 Å². The molecule has 2 aromatic rings. The van der Waals surface area contributed by atoms with Crippen molar-refractivity contribution in [2.24, 2.45) is 0 Å². The number of nitrogens with one attached hydrogen (secondary N) is 2. The lowest BCUT2D eigenvalue weighted by molar-refractivity contribution is -0.114. The van der Waals surface area contributed by atoms with Gasteiger partial charge in [0.2, 0.25) is 5.91 Å². The summed E-state index contributed by atoms with van der Waals surface area (Å²) < 4.78 is 10.8. The minimum Gasteiger partial charge on any atom is -0.378 e. The second-order valence-electron chi connectivity index (χ2n) is 7.31.